The van der Waals surface area contributed by atoms with Gasteiger partial charge in [0.2, 0.25) is 0 Å². The fraction of sp³-hybridized carbons (Fsp3) is 0.292. The number of imidazole rings is 1. The maximum atomic E-state index is 13.4. The van der Waals surface area contributed by atoms with Crippen molar-refractivity contribution >= 4 is 23.5 Å². The van der Waals surface area contributed by atoms with E-state index in [1.807, 2.05) is 37.4 Å². The third-order valence-corrected chi connectivity index (χ3v) is 6.36. The topological polar surface area (TPSA) is 55.2 Å². The molecule has 1 aromatic heterocycles. The molecular weight excluding hydrogens is 413 g/mol. The first kappa shape index (κ1) is 21.3. The number of likely N-dealkylation sites (tertiary alicyclic amines) is 1. The zero-order valence-electron chi connectivity index (χ0n) is 17.5. The van der Waals surface area contributed by atoms with E-state index >= 15 is 0 Å². The molecule has 1 amide bonds. The summed E-state index contributed by atoms with van der Waals surface area (Å²) < 4.78 is 15.1. The SMILES string of the molecule is CSc1ncc(C(=O)N2CCC(C(=O)c3ccc(C)cc3)CC2)n1-c1ccc(F)cc1. The maximum absolute atomic E-state index is 13.4. The lowest BCUT2D eigenvalue weighted by atomic mass is 9.88. The van der Waals surface area contributed by atoms with Crippen molar-refractivity contribution in [1.82, 2.24) is 14.5 Å². The van der Waals surface area contributed by atoms with Crippen molar-refractivity contribution in [1.29, 1.82) is 0 Å². The molecule has 160 valence electrons. The largest absolute Gasteiger partial charge is 0.337 e. The fourth-order valence-corrected chi connectivity index (χ4v) is 4.47. The molecule has 0 N–H and O–H groups in total. The summed E-state index contributed by atoms with van der Waals surface area (Å²) in [6.07, 6.45) is 4.73. The number of carbonyl (C=O) groups excluding carboxylic acids is 2. The number of benzene rings is 2. The van der Waals surface area contributed by atoms with Crippen LogP contribution in [0, 0.1) is 18.7 Å². The molecule has 1 fully saturated rings. The first-order chi connectivity index (χ1) is 15.0. The van der Waals surface area contributed by atoms with Gasteiger partial charge in [0, 0.05) is 30.3 Å². The minimum Gasteiger partial charge on any atom is -0.337 e. The zero-order valence-corrected chi connectivity index (χ0v) is 18.4. The number of carbonyl (C=O) groups is 2. The van der Waals surface area contributed by atoms with E-state index < -0.39 is 0 Å². The quantitative estimate of drug-likeness (QED) is 0.426. The Kier molecular flexibility index (Phi) is 6.23. The monoisotopic (exact) mass is 437 g/mol. The summed E-state index contributed by atoms with van der Waals surface area (Å²) in [5.41, 5.74) is 2.99. The van der Waals surface area contributed by atoms with E-state index in [9.17, 15) is 14.0 Å². The van der Waals surface area contributed by atoms with E-state index in [4.69, 9.17) is 0 Å². The van der Waals surface area contributed by atoms with Crippen molar-refractivity contribution in [2.75, 3.05) is 19.3 Å². The molecule has 1 aliphatic rings. The molecule has 4 rings (SSSR count). The van der Waals surface area contributed by atoms with Crippen LogP contribution in [0.5, 0.6) is 0 Å². The highest BCUT2D eigenvalue weighted by atomic mass is 32.2. The van der Waals surface area contributed by atoms with E-state index in [0.29, 0.717) is 42.5 Å². The predicted octanol–water partition coefficient (Wildman–Crippen LogP) is 4.78. The second-order valence-electron chi connectivity index (χ2n) is 7.74. The van der Waals surface area contributed by atoms with Crippen molar-refractivity contribution in [3.8, 4) is 5.69 Å². The number of hydrogen-bond acceptors (Lipinski definition) is 4. The summed E-state index contributed by atoms with van der Waals surface area (Å²) in [6.45, 7) is 3.03. The fourth-order valence-electron chi connectivity index (χ4n) is 3.93. The van der Waals surface area contributed by atoms with Gasteiger partial charge in [-0.2, -0.15) is 0 Å². The van der Waals surface area contributed by atoms with Gasteiger partial charge in [-0.05, 0) is 50.3 Å². The van der Waals surface area contributed by atoms with Crippen LogP contribution in [0.2, 0.25) is 0 Å². The Morgan fingerprint density at radius 3 is 2.29 bits per heavy atom. The zero-order chi connectivity index (χ0) is 22.0. The normalized spacial score (nSPS) is 14.6. The van der Waals surface area contributed by atoms with Crippen LogP contribution in [0.1, 0.15) is 39.3 Å². The van der Waals surface area contributed by atoms with Crippen molar-refractivity contribution in [3.63, 3.8) is 0 Å². The number of piperidine rings is 1. The van der Waals surface area contributed by atoms with Crippen LogP contribution in [0.3, 0.4) is 0 Å². The number of amides is 1. The van der Waals surface area contributed by atoms with Gasteiger partial charge < -0.3 is 4.90 Å². The van der Waals surface area contributed by atoms with Crippen LogP contribution < -0.4 is 0 Å². The summed E-state index contributed by atoms with van der Waals surface area (Å²) in [6, 6.07) is 13.7. The van der Waals surface area contributed by atoms with Gasteiger partial charge in [-0.3, -0.25) is 14.2 Å². The van der Waals surface area contributed by atoms with Crippen molar-refractivity contribution in [2.24, 2.45) is 5.92 Å². The number of nitrogens with zero attached hydrogens (tertiary/aromatic N) is 3. The Morgan fingerprint density at radius 2 is 1.68 bits per heavy atom. The van der Waals surface area contributed by atoms with Crippen LogP contribution in [0.4, 0.5) is 4.39 Å². The van der Waals surface area contributed by atoms with Gasteiger partial charge in [0.1, 0.15) is 11.5 Å². The summed E-state index contributed by atoms with van der Waals surface area (Å²) >= 11 is 1.42. The van der Waals surface area contributed by atoms with Gasteiger partial charge in [-0.25, -0.2) is 9.37 Å². The summed E-state index contributed by atoms with van der Waals surface area (Å²) in [4.78, 5) is 32.2. The molecule has 2 heterocycles. The number of ketones is 1. The third-order valence-electron chi connectivity index (χ3n) is 5.71. The lowest BCUT2D eigenvalue weighted by Gasteiger charge is -2.31. The molecular formula is C24H24FN3O2S. The molecule has 0 bridgehead atoms. The molecule has 1 aliphatic heterocycles. The molecule has 0 saturated carbocycles. The van der Waals surface area contributed by atoms with Gasteiger partial charge in [0.25, 0.3) is 5.91 Å². The van der Waals surface area contributed by atoms with Gasteiger partial charge in [0.15, 0.2) is 10.9 Å². The van der Waals surface area contributed by atoms with E-state index in [0.717, 1.165) is 11.1 Å². The standard InChI is InChI=1S/C24H24FN3O2S/c1-16-3-5-17(6-4-16)22(29)18-11-13-27(14-12-18)23(30)21-15-26-24(31-2)28(21)20-9-7-19(25)8-10-20/h3-10,15,18H,11-14H2,1-2H3. The van der Waals surface area contributed by atoms with Crippen LogP contribution in [-0.2, 0) is 0 Å². The Balaban J connectivity index is 1.49. The van der Waals surface area contributed by atoms with E-state index in [1.54, 1.807) is 27.8 Å². The molecule has 0 atom stereocenters. The molecule has 7 heteroatoms. The summed E-state index contributed by atoms with van der Waals surface area (Å²) in [5.74, 6) is -0.384. The van der Waals surface area contributed by atoms with Crippen LogP contribution in [-0.4, -0.2) is 45.5 Å². The van der Waals surface area contributed by atoms with E-state index in [2.05, 4.69) is 4.98 Å². The average Bonchev–Trinajstić information content (AvgIpc) is 3.23. The highest BCUT2D eigenvalue weighted by molar-refractivity contribution is 7.98. The molecule has 31 heavy (non-hydrogen) atoms. The molecule has 5 nitrogen and oxygen atoms in total. The Labute approximate surface area is 185 Å². The average molecular weight is 438 g/mol. The van der Waals surface area contributed by atoms with Crippen LogP contribution in [0.25, 0.3) is 5.69 Å². The number of aromatic nitrogens is 2. The van der Waals surface area contributed by atoms with Gasteiger partial charge >= 0.3 is 0 Å². The molecule has 2 aromatic carbocycles. The molecule has 0 radical (unpaired) electrons. The van der Waals surface area contributed by atoms with Crippen molar-refractivity contribution in [2.45, 2.75) is 24.9 Å². The number of thioether (sulfide) groups is 1. The Hall–Kier alpha value is -2.93. The number of hydrogen-bond donors (Lipinski definition) is 0. The minimum atomic E-state index is -0.331. The first-order valence-corrected chi connectivity index (χ1v) is 11.5. The minimum absolute atomic E-state index is 0.0736. The molecule has 0 aliphatic carbocycles. The second kappa shape index (κ2) is 9.06. The van der Waals surface area contributed by atoms with Gasteiger partial charge in [-0.15, -0.1) is 0 Å². The maximum Gasteiger partial charge on any atom is 0.272 e. The number of Topliss-reactive ketones (excluding diaryl/α,β-unsaturated/α-hetero) is 1. The van der Waals surface area contributed by atoms with Gasteiger partial charge in [-0.1, -0.05) is 41.6 Å². The van der Waals surface area contributed by atoms with Crippen molar-refractivity contribution < 1.29 is 14.0 Å². The number of halogens is 1. The Morgan fingerprint density at radius 1 is 1.03 bits per heavy atom. The Bertz CT molecular complexity index is 1090. The van der Waals surface area contributed by atoms with Crippen LogP contribution in [0.15, 0.2) is 59.9 Å². The lowest BCUT2D eigenvalue weighted by Crippen LogP contribution is -2.41. The lowest BCUT2D eigenvalue weighted by molar-refractivity contribution is 0.0643. The van der Waals surface area contributed by atoms with Crippen molar-refractivity contribution in [3.05, 3.63) is 77.4 Å². The second-order valence-corrected chi connectivity index (χ2v) is 8.51. The molecule has 0 spiro atoms. The molecule has 3 aromatic rings. The number of aryl methyl sites for hydroxylation is 1. The van der Waals surface area contributed by atoms with Crippen LogP contribution >= 0.6 is 11.8 Å². The summed E-state index contributed by atoms with van der Waals surface area (Å²) in [7, 11) is 0. The highest BCUT2D eigenvalue weighted by Crippen LogP contribution is 2.26. The molecule has 1 saturated heterocycles. The number of rotatable bonds is 5. The molecule has 0 unspecified atom stereocenters. The summed E-state index contributed by atoms with van der Waals surface area (Å²) in [5, 5.41) is 0.666. The van der Waals surface area contributed by atoms with E-state index in [-0.39, 0.29) is 23.4 Å². The van der Waals surface area contributed by atoms with E-state index in [1.165, 1.54) is 23.9 Å². The third kappa shape index (κ3) is 4.42. The highest BCUT2D eigenvalue weighted by Gasteiger charge is 2.30. The van der Waals surface area contributed by atoms with Gasteiger partial charge in [0.05, 0.1) is 6.20 Å². The predicted molar refractivity (Wildman–Crippen MR) is 119 cm³/mol. The first-order valence-electron chi connectivity index (χ1n) is 10.3. The smallest absolute Gasteiger partial charge is 0.272 e.